The molecule has 1 atom stereocenters. The number of rotatable bonds is 5. The molecule has 4 heteroatoms. The molecular weight excluding hydrogens is 220 g/mol. The standard InChI is InChI=1S/C12H20N2OS/c1-13-8-12-9-14(5-6-15-12)4-2-11-3-7-16-10-11/h3,7,10,12-13H,2,4-6,8-9H2,1H3. The Kier molecular flexibility index (Phi) is 4.78. The van der Waals surface area contributed by atoms with Crippen molar-refractivity contribution in [3.8, 4) is 0 Å². The summed E-state index contributed by atoms with van der Waals surface area (Å²) in [5.74, 6) is 0. The summed E-state index contributed by atoms with van der Waals surface area (Å²) in [6.07, 6.45) is 1.52. The van der Waals surface area contributed by atoms with Gasteiger partial charge in [-0.2, -0.15) is 11.3 Å². The first-order valence-electron chi connectivity index (χ1n) is 5.88. The van der Waals surface area contributed by atoms with E-state index in [0.717, 1.165) is 39.2 Å². The molecule has 0 spiro atoms. The summed E-state index contributed by atoms with van der Waals surface area (Å²) in [5.41, 5.74) is 1.46. The largest absolute Gasteiger partial charge is 0.374 e. The van der Waals surface area contributed by atoms with Crippen LogP contribution in [0.25, 0.3) is 0 Å². The maximum absolute atomic E-state index is 5.68. The van der Waals surface area contributed by atoms with Crippen molar-refractivity contribution in [2.75, 3.05) is 39.8 Å². The number of hydrogen-bond donors (Lipinski definition) is 1. The van der Waals surface area contributed by atoms with Crippen molar-refractivity contribution in [3.63, 3.8) is 0 Å². The van der Waals surface area contributed by atoms with Gasteiger partial charge in [0.2, 0.25) is 0 Å². The van der Waals surface area contributed by atoms with Crippen LogP contribution in [0.15, 0.2) is 16.8 Å². The number of hydrogen-bond acceptors (Lipinski definition) is 4. The molecule has 0 saturated carbocycles. The van der Waals surface area contributed by atoms with Crippen molar-refractivity contribution in [1.82, 2.24) is 10.2 Å². The Morgan fingerprint density at radius 1 is 1.62 bits per heavy atom. The fourth-order valence-electron chi connectivity index (χ4n) is 2.06. The summed E-state index contributed by atoms with van der Waals surface area (Å²) in [5, 5.41) is 7.57. The first-order chi connectivity index (χ1) is 7.88. The molecule has 3 nitrogen and oxygen atoms in total. The average molecular weight is 240 g/mol. The predicted molar refractivity (Wildman–Crippen MR) is 68.1 cm³/mol. The molecule has 0 aliphatic carbocycles. The van der Waals surface area contributed by atoms with E-state index in [2.05, 4.69) is 27.0 Å². The predicted octanol–water partition coefficient (Wildman–Crippen LogP) is 1.21. The fourth-order valence-corrected chi connectivity index (χ4v) is 2.76. The third-order valence-electron chi connectivity index (χ3n) is 2.95. The molecule has 1 fully saturated rings. The molecule has 1 aliphatic heterocycles. The highest BCUT2D eigenvalue weighted by Gasteiger charge is 2.19. The van der Waals surface area contributed by atoms with Crippen LogP contribution in [0.1, 0.15) is 5.56 Å². The smallest absolute Gasteiger partial charge is 0.0826 e. The van der Waals surface area contributed by atoms with Crippen LogP contribution in [0.2, 0.25) is 0 Å². The zero-order valence-corrected chi connectivity index (χ0v) is 10.6. The molecule has 1 unspecified atom stereocenters. The van der Waals surface area contributed by atoms with Crippen molar-refractivity contribution < 1.29 is 4.74 Å². The lowest BCUT2D eigenvalue weighted by molar-refractivity contribution is -0.0258. The first kappa shape index (κ1) is 12.0. The molecule has 16 heavy (non-hydrogen) atoms. The van der Waals surface area contributed by atoms with Crippen molar-refractivity contribution >= 4 is 11.3 Å². The van der Waals surface area contributed by atoms with Crippen molar-refractivity contribution in [3.05, 3.63) is 22.4 Å². The maximum Gasteiger partial charge on any atom is 0.0826 e. The highest BCUT2D eigenvalue weighted by atomic mass is 32.1. The van der Waals surface area contributed by atoms with E-state index in [1.54, 1.807) is 11.3 Å². The van der Waals surface area contributed by atoms with Crippen LogP contribution in [-0.2, 0) is 11.2 Å². The van der Waals surface area contributed by atoms with Gasteiger partial charge in [-0.15, -0.1) is 0 Å². The topological polar surface area (TPSA) is 24.5 Å². The molecule has 1 aromatic heterocycles. The zero-order chi connectivity index (χ0) is 11.2. The second-order valence-electron chi connectivity index (χ2n) is 4.23. The quantitative estimate of drug-likeness (QED) is 0.837. The highest BCUT2D eigenvalue weighted by Crippen LogP contribution is 2.09. The van der Waals surface area contributed by atoms with Crippen LogP contribution >= 0.6 is 11.3 Å². The second-order valence-corrected chi connectivity index (χ2v) is 5.01. The fraction of sp³-hybridized carbons (Fsp3) is 0.667. The van der Waals surface area contributed by atoms with Crippen LogP contribution in [0.4, 0.5) is 0 Å². The molecule has 0 bridgehead atoms. The third-order valence-corrected chi connectivity index (χ3v) is 3.68. The van der Waals surface area contributed by atoms with Gasteiger partial charge in [-0.3, -0.25) is 4.90 Å². The zero-order valence-electron chi connectivity index (χ0n) is 9.82. The molecule has 90 valence electrons. The van der Waals surface area contributed by atoms with Crippen molar-refractivity contribution in [2.45, 2.75) is 12.5 Å². The summed E-state index contributed by atoms with van der Waals surface area (Å²) < 4.78 is 5.68. The van der Waals surface area contributed by atoms with Crippen LogP contribution < -0.4 is 5.32 Å². The Labute approximate surface area is 101 Å². The third kappa shape index (κ3) is 3.56. The molecule has 1 saturated heterocycles. The Bertz CT molecular complexity index is 287. The minimum atomic E-state index is 0.362. The number of morpholine rings is 1. The highest BCUT2D eigenvalue weighted by molar-refractivity contribution is 7.07. The van der Waals surface area contributed by atoms with Gasteiger partial charge >= 0.3 is 0 Å². The van der Waals surface area contributed by atoms with E-state index in [1.807, 2.05) is 7.05 Å². The number of nitrogens with one attached hydrogen (secondary N) is 1. The van der Waals surface area contributed by atoms with Crippen LogP contribution in [0.3, 0.4) is 0 Å². The Morgan fingerprint density at radius 3 is 3.31 bits per heavy atom. The van der Waals surface area contributed by atoms with Gasteiger partial charge in [0.15, 0.2) is 0 Å². The normalized spacial score (nSPS) is 22.4. The van der Waals surface area contributed by atoms with Gasteiger partial charge in [-0.05, 0) is 35.9 Å². The van der Waals surface area contributed by atoms with Gasteiger partial charge in [0, 0.05) is 26.2 Å². The SMILES string of the molecule is CNCC1CN(CCc2ccsc2)CCO1. The Balaban J connectivity index is 1.72. The van der Waals surface area contributed by atoms with E-state index >= 15 is 0 Å². The van der Waals surface area contributed by atoms with E-state index in [9.17, 15) is 0 Å². The van der Waals surface area contributed by atoms with E-state index in [-0.39, 0.29) is 0 Å². The molecule has 1 aliphatic rings. The Hall–Kier alpha value is -0.420. The van der Waals surface area contributed by atoms with E-state index in [0.29, 0.717) is 6.10 Å². The van der Waals surface area contributed by atoms with Crippen LogP contribution in [0, 0.1) is 0 Å². The average Bonchev–Trinajstić information content (AvgIpc) is 2.80. The van der Waals surface area contributed by atoms with Crippen molar-refractivity contribution in [2.24, 2.45) is 0 Å². The summed E-state index contributed by atoms with van der Waals surface area (Å²) >= 11 is 1.78. The van der Waals surface area contributed by atoms with Crippen LogP contribution in [0.5, 0.6) is 0 Å². The first-order valence-corrected chi connectivity index (χ1v) is 6.82. The number of nitrogens with zero attached hydrogens (tertiary/aromatic N) is 1. The number of likely N-dealkylation sites (N-methyl/N-ethyl adjacent to an activating group) is 1. The molecule has 0 amide bonds. The summed E-state index contributed by atoms with van der Waals surface area (Å²) in [4.78, 5) is 2.50. The summed E-state index contributed by atoms with van der Waals surface area (Å²) in [6.45, 7) is 5.11. The van der Waals surface area contributed by atoms with Gasteiger partial charge < -0.3 is 10.1 Å². The summed E-state index contributed by atoms with van der Waals surface area (Å²) in [7, 11) is 1.98. The number of ether oxygens (including phenoxy) is 1. The lowest BCUT2D eigenvalue weighted by Crippen LogP contribution is -2.46. The molecule has 1 N–H and O–H groups in total. The minimum absolute atomic E-state index is 0.362. The number of thiophene rings is 1. The molecular formula is C12H20N2OS. The van der Waals surface area contributed by atoms with Gasteiger partial charge in [0.1, 0.15) is 0 Å². The van der Waals surface area contributed by atoms with Gasteiger partial charge in [-0.25, -0.2) is 0 Å². The summed E-state index contributed by atoms with van der Waals surface area (Å²) in [6, 6.07) is 2.22. The maximum atomic E-state index is 5.68. The van der Waals surface area contributed by atoms with Gasteiger partial charge in [0.05, 0.1) is 12.7 Å². The second kappa shape index (κ2) is 6.35. The molecule has 2 rings (SSSR count). The van der Waals surface area contributed by atoms with E-state index < -0.39 is 0 Å². The molecule has 1 aromatic rings. The minimum Gasteiger partial charge on any atom is -0.374 e. The monoisotopic (exact) mass is 240 g/mol. The van der Waals surface area contributed by atoms with Crippen molar-refractivity contribution in [1.29, 1.82) is 0 Å². The molecule has 0 radical (unpaired) electrons. The molecule has 0 aromatic carbocycles. The van der Waals surface area contributed by atoms with E-state index in [1.165, 1.54) is 5.56 Å². The van der Waals surface area contributed by atoms with Gasteiger partial charge in [-0.1, -0.05) is 0 Å². The molecule has 2 heterocycles. The Morgan fingerprint density at radius 2 is 2.56 bits per heavy atom. The van der Waals surface area contributed by atoms with Gasteiger partial charge in [0.25, 0.3) is 0 Å². The lowest BCUT2D eigenvalue weighted by atomic mass is 10.2. The van der Waals surface area contributed by atoms with Crippen LogP contribution in [-0.4, -0.2) is 50.8 Å². The lowest BCUT2D eigenvalue weighted by Gasteiger charge is -2.32. The van der Waals surface area contributed by atoms with E-state index in [4.69, 9.17) is 4.74 Å².